The van der Waals surface area contributed by atoms with E-state index in [1.54, 1.807) is 0 Å². The number of hydrogen-bond acceptors (Lipinski definition) is 3. The molecule has 0 radical (unpaired) electrons. The van der Waals surface area contributed by atoms with Crippen molar-refractivity contribution >= 4 is 28.3 Å². The lowest BCUT2D eigenvalue weighted by Crippen LogP contribution is -1.99. The van der Waals surface area contributed by atoms with Crippen molar-refractivity contribution in [2.75, 3.05) is 5.73 Å². The van der Waals surface area contributed by atoms with E-state index in [9.17, 15) is 0 Å². The number of halogens is 1. The number of hydrogen-bond donors (Lipinski definition) is 1. The van der Waals surface area contributed by atoms with Gasteiger partial charge in [-0.3, -0.25) is 0 Å². The minimum atomic E-state index is 0.501. The highest BCUT2D eigenvalue weighted by Crippen LogP contribution is 2.27. The van der Waals surface area contributed by atoms with Crippen LogP contribution in [0.5, 0.6) is 0 Å². The molecule has 3 rings (SSSR count). The summed E-state index contributed by atoms with van der Waals surface area (Å²) in [6.07, 6.45) is 0. The Morgan fingerprint density at radius 2 is 1.85 bits per heavy atom. The first-order chi connectivity index (χ1) is 9.54. The van der Waals surface area contributed by atoms with Crippen molar-refractivity contribution in [2.24, 2.45) is 0 Å². The maximum atomic E-state index is 6.10. The van der Waals surface area contributed by atoms with Crippen LogP contribution in [0, 0.1) is 13.8 Å². The Hall–Kier alpha value is -2.13. The Bertz CT molecular complexity index is 792. The summed E-state index contributed by atoms with van der Waals surface area (Å²) in [6, 6.07) is 11.7. The van der Waals surface area contributed by atoms with Gasteiger partial charge in [-0.15, -0.1) is 0 Å². The zero-order valence-electron chi connectivity index (χ0n) is 11.3. The fourth-order valence-electron chi connectivity index (χ4n) is 2.38. The molecule has 0 saturated heterocycles. The highest BCUT2D eigenvalue weighted by molar-refractivity contribution is 6.30. The van der Waals surface area contributed by atoms with E-state index in [0.717, 1.165) is 27.6 Å². The first-order valence-corrected chi connectivity index (χ1v) is 6.73. The highest BCUT2D eigenvalue weighted by Gasteiger charge is 2.09. The number of benzene rings is 2. The van der Waals surface area contributed by atoms with Crippen molar-refractivity contribution in [3.05, 3.63) is 52.5 Å². The van der Waals surface area contributed by atoms with Gasteiger partial charge >= 0.3 is 0 Å². The molecule has 2 aromatic carbocycles. The summed E-state index contributed by atoms with van der Waals surface area (Å²) in [5, 5.41) is 1.58. The summed E-state index contributed by atoms with van der Waals surface area (Å²) >= 11 is 6.10. The molecule has 0 fully saturated rings. The Morgan fingerprint density at radius 3 is 2.60 bits per heavy atom. The van der Waals surface area contributed by atoms with Gasteiger partial charge in [0.2, 0.25) is 0 Å². The molecule has 0 unspecified atom stereocenters. The standard InChI is InChI=1S/C16H14ClN3/c1-9-6-11(8-12(17)7-9)16-19-13-5-3-4-10(2)14(13)15(18)20-16/h3-8H,1-2H3,(H2,18,19,20). The molecule has 0 atom stereocenters. The van der Waals surface area contributed by atoms with Crippen LogP contribution in [0.1, 0.15) is 11.1 Å². The highest BCUT2D eigenvalue weighted by atomic mass is 35.5. The molecule has 3 aromatic rings. The van der Waals surface area contributed by atoms with Crippen LogP contribution in [0.25, 0.3) is 22.3 Å². The fraction of sp³-hybridized carbons (Fsp3) is 0.125. The molecular formula is C16H14ClN3. The smallest absolute Gasteiger partial charge is 0.162 e. The zero-order valence-corrected chi connectivity index (χ0v) is 12.1. The summed E-state index contributed by atoms with van der Waals surface area (Å²) in [4.78, 5) is 9.02. The van der Waals surface area contributed by atoms with E-state index in [-0.39, 0.29) is 0 Å². The molecule has 0 aliphatic carbocycles. The Kier molecular flexibility index (Phi) is 3.07. The average Bonchev–Trinajstić information content (AvgIpc) is 2.37. The SMILES string of the molecule is Cc1cc(Cl)cc(-c2nc(N)c3c(C)cccc3n2)c1. The normalized spacial score (nSPS) is 10.9. The Morgan fingerprint density at radius 1 is 1.05 bits per heavy atom. The predicted molar refractivity (Wildman–Crippen MR) is 83.9 cm³/mol. The third-order valence-corrected chi connectivity index (χ3v) is 3.48. The Labute approximate surface area is 122 Å². The third kappa shape index (κ3) is 2.21. The summed E-state index contributed by atoms with van der Waals surface area (Å²) < 4.78 is 0. The van der Waals surface area contributed by atoms with Gasteiger partial charge in [0.15, 0.2) is 5.82 Å². The molecule has 20 heavy (non-hydrogen) atoms. The molecule has 100 valence electrons. The number of anilines is 1. The third-order valence-electron chi connectivity index (χ3n) is 3.26. The first kappa shape index (κ1) is 12.9. The molecule has 0 spiro atoms. The molecule has 0 saturated carbocycles. The van der Waals surface area contributed by atoms with Gasteiger partial charge in [0.25, 0.3) is 0 Å². The van der Waals surface area contributed by atoms with Crippen molar-refractivity contribution < 1.29 is 0 Å². The lowest BCUT2D eigenvalue weighted by Gasteiger charge is -2.08. The second-order valence-electron chi connectivity index (χ2n) is 4.92. The molecule has 0 amide bonds. The number of fused-ring (bicyclic) bond motifs is 1. The number of rotatable bonds is 1. The average molecular weight is 284 g/mol. The topological polar surface area (TPSA) is 51.8 Å². The minimum absolute atomic E-state index is 0.501. The number of aromatic nitrogens is 2. The number of nitrogen functional groups attached to an aromatic ring is 1. The van der Waals surface area contributed by atoms with Gasteiger partial charge in [-0.2, -0.15) is 0 Å². The van der Waals surface area contributed by atoms with E-state index in [1.807, 2.05) is 50.2 Å². The van der Waals surface area contributed by atoms with Crippen LogP contribution < -0.4 is 5.73 Å². The van der Waals surface area contributed by atoms with Crippen LogP contribution in [-0.2, 0) is 0 Å². The van der Waals surface area contributed by atoms with Gasteiger partial charge in [-0.25, -0.2) is 9.97 Å². The Balaban J connectivity index is 2.27. The van der Waals surface area contributed by atoms with Crippen LogP contribution >= 0.6 is 11.6 Å². The van der Waals surface area contributed by atoms with Gasteiger partial charge in [-0.1, -0.05) is 23.7 Å². The van der Waals surface area contributed by atoms with Crippen LogP contribution in [-0.4, -0.2) is 9.97 Å². The summed E-state index contributed by atoms with van der Waals surface area (Å²) in [5.41, 5.74) is 9.97. The van der Waals surface area contributed by atoms with Gasteiger partial charge in [0.1, 0.15) is 5.82 Å². The lowest BCUT2D eigenvalue weighted by molar-refractivity contribution is 1.22. The van der Waals surface area contributed by atoms with Gasteiger partial charge in [-0.05, 0) is 49.2 Å². The first-order valence-electron chi connectivity index (χ1n) is 6.35. The van der Waals surface area contributed by atoms with E-state index in [2.05, 4.69) is 9.97 Å². The zero-order chi connectivity index (χ0) is 14.3. The second-order valence-corrected chi connectivity index (χ2v) is 5.36. The fourth-order valence-corrected chi connectivity index (χ4v) is 2.67. The van der Waals surface area contributed by atoms with E-state index in [0.29, 0.717) is 16.7 Å². The molecule has 0 bridgehead atoms. The van der Waals surface area contributed by atoms with E-state index >= 15 is 0 Å². The van der Waals surface area contributed by atoms with Crippen molar-refractivity contribution in [3.8, 4) is 11.4 Å². The van der Waals surface area contributed by atoms with Crippen molar-refractivity contribution in [1.29, 1.82) is 0 Å². The second kappa shape index (κ2) is 4.76. The van der Waals surface area contributed by atoms with Crippen LogP contribution in [0.3, 0.4) is 0 Å². The minimum Gasteiger partial charge on any atom is -0.383 e. The molecule has 3 nitrogen and oxygen atoms in total. The van der Waals surface area contributed by atoms with Crippen molar-refractivity contribution in [2.45, 2.75) is 13.8 Å². The maximum Gasteiger partial charge on any atom is 0.162 e. The van der Waals surface area contributed by atoms with Crippen molar-refractivity contribution in [3.63, 3.8) is 0 Å². The number of aryl methyl sites for hydroxylation is 2. The molecule has 1 aromatic heterocycles. The van der Waals surface area contributed by atoms with E-state index in [4.69, 9.17) is 17.3 Å². The molecule has 0 aliphatic heterocycles. The number of nitrogens with two attached hydrogens (primary N) is 1. The molecule has 1 heterocycles. The lowest BCUT2D eigenvalue weighted by atomic mass is 10.1. The largest absolute Gasteiger partial charge is 0.383 e. The van der Waals surface area contributed by atoms with Crippen molar-refractivity contribution in [1.82, 2.24) is 9.97 Å². The number of nitrogens with zero attached hydrogens (tertiary/aromatic N) is 2. The van der Waals surface area contributed by atoms with Crippen LogP contribution in [0.2, 0.25) is 5.02 Å². The molecule has 2 N–H and O–H groups in total. The quantitative estimate of drug-likeness (QED) is 0.730. The van der Waals surface area contributed by atoms with Gasteiger partial charge < -0.3 is 5.73 Å². The van der Waals surface area contributed by atoms with E-state index in [1.165, 1.54) is 0 Å². The van der Waals surface area contributed by atoms with Crippen LogP contribution in [0.4, 0.5) is 5.82 Å². The summed E-state index contributed by atoms with van der Waals surface area (Å²) in [7, 11) is 0. The monoisotopic (exact) mass is 283 g/mol. The van der Waals surface area contributed by atoms with Gasteiger partial charge in [0.05, 0.1) is 5.52 Å². The molecular weight excluding hydrogens is 270 g/mol. The van der Waals surface area contributed by atoms with Gasteiger partial charge in [0, 0.05) is 16.0 Å². The maximum absolute atomic E-state index is 6.10. The predicted octanol–water partition coefficient (Wildman–Crippen LogP) is 4.15. The van der Waals surface area contributed by atoms with Crippen LogP contribution in [0.15, 0.2) is 36.4 Å². The summed E-state index contributed by atoms with van der Waals surface area (Å²) in [5.74, 6) is 1.10. The summed E-state index contributed by atoms with van der Waals surface area (Å²) in [6.45, 7) is 4.00. The molecule has 0 aliphatic rings. The van der Waals surface area contributed by atoms with E-state index < -0.39 is 0 Å². The molecule has 4 heteroatoms.